The molecular formula is C15H25N3O3S. The second-order valence-electron chi connectivity index (χ2n) is 5.79. The number of benzene rings is 1. The van der Waals surface area contributed by atoms with Gasteiger partial charge in [-0.05, 0) is 43.5 Å². The Morgan fingerprint density at radius 3 is 2.27 bits per heavy atom. The lowest BCUT2D eigenvalue weighted by Gasteiger charge is -2.10. The Kier molecular flexibility index (Phi) is 6.99. The fourth-order valence-electron chi connectivity index (χ4n) is 1.66. The predicted octanol–water partition coefficient (Wildman–Crippen LogP) is 1.09. The van der Waals surface area contributed by atoms with E-state index in [-0.39, 0.29) is 22.8 Å². The van der Waals surface area contributed by atoms with Crippen LogP contribution in [0.1, 0.15) is 37.6 Å². The molecule has 0 saturated heterocycles. The molecule has 0 aliphatic heterocycles. The monoisotopic (exact) mass is 327 g/mol. The largest absolute Gasteiger partial charge is 0.352 e. The average molecular weight is 327 g/mol. The lowest BCUT2D eigenvalue weighted by molar-refractivity contribution is 0.0952. The maximum Gasteiger partial charge on any atom is 0.251 e. The summed E-state index contributed by atoms with van der Waals surface area (Å²) in [4.78, 5) is 12.0. The van der Waals surface area contributed by atoms with Crippen LogP contribution in [0, 0.1) is 5.92 Å². The van der Waals surface area contributed by atoms with Gasteiger partial charge in [0.15, 0.2) is 0 Å². The third kappa shape index (κ3) is 6.13. The molecule has 1 aromatic rings. The van der Waals surface area contributed by atoms with Crippen LogP contribution in [0.15, 0.2) is 29.2 Å². The molecule has 6 nitrogen and oxygen atoms in total. The third-order valence-electron chi connectivity index (χ3n) is 2.99. The SMILES string of the molecule is CC(C)CNS(=O)(=O)c1ccc(C(=O)NCCC(C)N)cc1. The highest BCUT2D eigenvalue weighted by atomic mass is 32.2. The van der Waals surface area contributed by atoms with E-state index >= 15 is 0 Å². The van der Waals surface area contributed by atoms with Gasteiger partial charge in [-0.1, -0.05) is 13.8 Å². The quantitative estimate of drug-likeness (QED) is 0.665. The summed E-state index contributed by atoms with van der Waals surface area (Å²) in [7, 11) is -3.52. The number of rotatable bonds is 8. The molecule has 0 aromatic heterocycles. The van der Waals surface area contributed by atoms with E-state index in [9.17, 15) is 13.2 Å². The predicted molar refractivity (Wildman–Crippen MR) is 87.1 cm³/mol. The minimum Gasteiger partial charge on any atom is -0.352 e. The molecule has 1 rings (SSSR count). The third-order valence-corrected chi connectivity index (χ3v) is 4.43. The number of nitrogens with one attached hydrogen (secondary N) is 2. The highest BCUT2D eigenvalue weighted by molar-refractivity contribution is 7.89. The first-order valence-corrected chi connectivity index (χ1v) is 8.84. The van der Waals surface area contributed by atoms with Gasteiger partial charge in [-0.2, -0.15) is 0 Å². The minimum absolute atomic E-state index is 0.0276. The van der Waals surface area contributed by atoms with Crippen LogP contribution in [0.3, 0.4) is 0 Å². The normalized spacial score (nSPS) is 13.1. The minimum atomic E-state index is -3.52. The van der Waals surface area contributed by atoms with Crippen molar-refractivity contribution in [2.24, 2.45) is 11.7 Å². The molecule has 0 heterocycles. The topological polar surface area (TPSA) is 101 Å². The summed E-state index contributed by atoms with van der Waals surface area (Å²) in [5.41, 5.74) is 6.03. The molecule has 7 heteroatoms. The van der Waals surface area contributed by atoms with Crippen LogP contribution in [0.25, 0.3) is 0 Å². The fraction of sp³-hybridized carbons (Fsp3) is 0.533. The maximum atomic E-state index is 12.0. The molecule has 0 radical (unpaired) electrons. The zero-order valence-electron chi connectivity index (χ0n) is 13.3. The second kappa shape index (κ2) is 8.26. The lowest BCUT2D eigenvalue weighted by atomic mass is 10.2. The first-order chi connectivity index (χ1) is 10.2. The number of amides is 1. The van der Waals surface area contributed by atoms with Gasteiger partial charge < -0.3 is 11.1 Å². The van der Waals surface area contributed by atoms with Crippen LogP contribution < -0.4 is 15.8 Å². The average Bonchev–Trinajstić information content (AvgIpc) is 2.45. The molecule has 0 bridgehead atoms. The summed E-state index contributed by atoms with van der Waals surface area (Å²) in [6.45, 7) is 6.60. The standard InChI is InChI=1S/C15H25N3O3S/c1-11(2)10-18-22(20,21)14-6-4-13(5-7-14)15(19)17-9-8-12(3)16/h4-7,11-12,18H,8-10,16H2,1-3H3,(H,17,19). The molecule has 1 aromatic carbocycles. The van der Waals surface area contributed by atoms with E-state index in [4.69, 9.17) is 5.73 Å². The summed E-state index contributed by atoms with van der Waals surface area (Å²) >= 11 is 0. The van der Waals surface area contributed by atoms with Gasteiger partial charge >= 0.3 is 0 Å². The maximum absolute atomic E-state index is 12.0. The van der Waals surface area contributed by atoms with E-state index in [1.807, 2.05) is 20.8 Å². The summed E-state index contributed by atoms with van der Waals surface area (Å²) in [5, 5.41) is 2.74. The van der Waals surface area contributed by atoms with Crippen LogP contribution in [0.4, 0.5) is 0 Å². The summed E-state index contributed by atoms with van der Waals surface area (Å²) in [5.74, 6) is -0.00972. The number of hydrogen-bond donors (Lipinski definition) is 3. The van der Waals surface area contributed by atoms with E-state index < -0.39 is 10.0 Å². The highest BCUT2D eigenvalue weighted by Gasteiger charge is 2.15. The van der Waals surface area contributed by atoms with Crippen LogP contribution in [-0.4, -0.2) is 33.5 Å². The van der Waals surface area contributed by atoms with Gasteiger partial charge in [0.1, 0.15) is 0 Å². The van der Waals surface area contributed by atoms with Gasteiger partial charge in [0.25, 0.3) is 5.91 Å². The molecule has 1 unspecified atom stereocenters. The number of nitrogens with two attached hydrogens (primary N) is 1. The summed E-state index contributed by atoms with van der Waals surface area (Å²) in [6.07, 6.45) is 0.692. The number of hydrogen-bond acceptors (Lipinski definition) is 4. The molecular weight excluding hydrogens is 302 g/mol. The van der Waals surface area contributed by atoms with Crippen molar-refractivity contribution in [3.05, 3.63) is 29.8 Å². The smallest absolute Gasteiger partial charge is 0.251 e. The van der Waals surface area contributed by atoms with Gasteiger partial charge in [0.2, 0.25) is 10.0 Å². The van der Waals surface area contributed by atoms with Crippen molar-refractivity contribution in [3.63, 3.8) is 0 Å². The Morgan fingerprint density at radius 1 is 1.18 bits per heavy atom. The molecule has 0 fully saturated rings. The van der Waals surface area contributed by atoms with Crippen LogP contribution in [-0.2, 0) is 10.0 Å². The van der Waals surface area contributed by atoms with Gasteiger partial charge in [-0.25, -0.2) is 13.1 Å². The molecule has 0 aliphatic rings. The van der Waals surface area contributed by atoms with Crippen LogP contribution in [0.2, 0.25) is 0 Å². The molecule has 0 saturated carbocycles. The number of carbonyl (C=O) groups is 1. The molecule has 0 aliphatic carbocycles. The van der Waals surface area contributed by atoms with Crippen molar-refractivity contribution in [3.8, 4) is 0 Å². The molecule has 22 heavy (non-hydrogen) atoms. The second-order valence-corrected chi connectivity index (χ2v) is 7.56. The molecule has 4 N–H and O–H groups in total. The van der Waals surface area contributed by atoms with Crippen molar-refractivity contribution in [2.75, 3.05) is 13.1 Å². The zero-order chi connectivity index (χ0) is 16.8. The van der Waals surface area contributed by atoms with E-state index in [2.05, 4.69) is 10.0 Å². The van der Waals surface area contributed by atoms with E-state index in [1.165, 1.54) is 24.3 Å². The fourth-order valence-corrected chi connectivity index (χ4v) is 2.87. The zero-order valence-corrected chi connectivity index (χ0v) is 14.1. The van der Waals surface area contributed by atoms with Gasteiger partial charge in [-0.3, -0.25) is 4.79 Å². The first kappa shape index (κ1) is 18.6. The Bertz CT molecular complexity index is 581. The number of sulfonamides is 1. The lowest BCUT2D eigenvalue weighted by Crippen LogP contribution is -2.29. The van der Waals surface area contributed by atoms with E-state index in [1.54, 1.807) is 0 Å². The molecule has 0 spiro atoms. The van der Waals surface area contributed by atoms with Gasteiger partial charge in [0, 0.05) is 24.7 Å². The van der Waals surface area contributed by atoms with Crippen LogP contribution in [0.5, 0.6) is 0 Å². The van der Waals surface area contributed by atoms with Crippen LogP contribution >= 0.6 is 0 Å². The van der Waals surface area contributed by atoms with Crippen molar-refractivity contribution >= 4 is 15.9 Å². The van der Waals surface area contributed by atoms with Crippen molar-refractivity contribution in [1.82, 2.24) is 10.0 Å². The van der Waals surface area contributed by atoms with Gasteiger partial charge in [0.05, 0.1) is 4.90 Å². The highest BCUT2D eigenvalue weighted by Crippen LogP contribution is 2.11. The Hall–Kier alpha value is -1.44. The number of carbonyl (C=O) groups excluding carboxylic acids is 1. The molecule has 1 atom stereocenters. The van der Waals surface area contributed by atoms with E-state index in [0.717, 1.165) is 0 Å². The van der Waals surface area contributed by atoms with E-state index in [0.29, 0.717) is 25.1 Å². The van der Waals surface area contributed by atoms with Crippen molar-refractivity contribution in [1.29, 1.82) is 0 Å². The van der Waals surface area contributed by atoms with Crippen molar-refractivity contribution < 1.29 is 13.2 Å². The van der Waals surface area contributed by atoms with Gasteiger partial charge in [-0.15, -0.1) is 0 Å². The molecule has 124 valence electrons. The Labute approximate surface area is 132 Å². The summed E-state index contributed by atoms with van der Waals surface area (Å²) < 4.78 is 26.6. The van der Waals surface area contributed by atoms with Crippen molar-refractivity contribution in [2.45, 2.75) is 38.1 Å². The Balaban J connectivity index is 2.68. The Morgan fingerprint density at radius 2 is 1.77 bits per heavy atom. The first-order valence-electron chi connectivity index (χ1n) is 7.36. The summed E-state index contributed by atoms with van der Waals surface area (Å²) in [6, 6.07) is 5.91. The molecule has 1 amide bonds.